The maximum Gasteiger partial charge on any atom is 0.328 e. The van der Waals surface area contributed by atoms with Crippen molar-refractivity contribution in [1.82, 2.24) is 4.90 Å². The average molecular weight is 293 g/mol. The third-order valence-electron chi connectivity index (χ3n) is 3.61. The molecule has 1 aromatic rings. The van der Waals surface area contributed by atoms with Gasteiger partial charge in [0.15, 0.2) is 0 Å². The second kappa shape index (κ2) is 6.22. The fourth-order valence-corrected chi connectivity index (χ4v) is 3.24. The van der Waals surface area contributed by atoms with Gasteiger partial charge in [0.1, 0.15) is 0 Å². The molecule has 20 heavy (non-hydrogen) atoms. The average Bonchev–Trinajstić information content (AvgIpc) is 2.95. The number of likely N-dealkylation sites (tertiary alicyclic amines) is 1. The zero-order chi connectivity index (χ0) is 14.7. The molecule has 2 heterocycles. The first-order chi connectivity index (χ1) is 9.45. The summed E-state index contributed by atoms with van der Waals surface area (Å²) < 4.78 is 0. The molecule has 1 amide bonds. The van der Waals surface area contributed by atoms with Crippen molar-refractivity contribution in [2.45, 2.75) is 26.8 Å². The lowest BCUT2D eigenvalue weighted by Crippen LogP contribution is -2.24. The number of nitrogens with zero attached hydrogens (tertiary/aromatic N) is 1. The molecule has 5 heteroatoms. The molecule has 1 fully saturated rings. The van der Waals surface area contributed by atoms with Crippen molar-refractivity contribution in [1.29, 1.82) is 0 Å². The number of carboxylic acid groups (broad SMARTS) is 1. The van der Waals surface area contributed by atoms with Crippen LogP contribution < -0.4 is 0 Å². The molecule has 4 nitrogen and oxygen atoms in total. The molecule has 108 valence electrons. The Morgan fingerprint density at radius 2 is 2.30 bits per heavy atom. The van der Waals surface area contributed by atoms with E-state index in [2.05, 4.69) is 13.8 Å². The SMILES string of the molecule is CC(C)C1CC(=O)N(Cc2ccc(/C=C/C(=O)O)s2)C1. The van der Waals surface area contributed by atoms with Gasteiger partial charge < -0.3 is 10.0 Å². The number of amides is 1. The van der Waals surface area contributed by atoms with Crippen LogP contribution in [0, 0.1) is 11.8 Å². The molecular formula is C15H19NO3S. The molecule has 1 aliphatic heterocycles. The molecule has 0 spiro atoms. The van der Waals surface area contributed by atoms with Crippen molar-refractivity contribution in [2.75, 3.05) is 6.54 Å². The van der Waals surface area contributed by atoms with E-state index in [4.69, 9.17) is 5.11 Å². The van der Waals surface area contributed by atoms with Gasteiger partial charge in [-0.3, -0.25) is 4.79 Å². The van der Waals surface area contributed by atoms with Crippen molar-refractivity contribution in [2.24, 2.45) is 11.8 Å². The van der Waals surface area contributed by atoms with Gasteiger partial charge in [-0.1, -0.05) is 13.8 Å². The number of thiophene rings is 1. The van der Waals surface area contributed by atoms with E-state index in [9.17, 15) is 9.59 Å². The first-order valence-electron chi connectivity index (χ1n) is 6.73. The van der Waals surface area contributed by atoms with Crippen LogP contribution in [0.2, 0.25) is 0 Å². The van der Waals surface area contributed by atoms with Gasteiger partial charge in [-0.25, -0.2) is 4.79 Å². The first kappa shape index (κ1) is 14.8. The molecule has 2 rings (SSSR count). The number of hydrogen-bond acceptors (Lipinski definition) is 3. The number of carboxylic acids is 1. The van der Waals surface area contributed by atoms with Gasteiger partial charge in [-0.15, -0.1) is 11.3 Å². The lowest BCUT2D eigenvalue weighted by atomic mass is 9.95. The number of carbonyl (C=O) groups excluding carboxylic acids is 1. The summed E-state index contributed by atoms with van der Waals surface area (Å²) in [7, 11) is 0. The first-order valence-corrected chi connectivity index (χ1v) is 7.55. The molecule has 1 aliphatic rings. The van der Waals surface area contributed by atoms with Crippen molar-refractivity contribution in [3.63, 3.8) is 0 Å². The fourth-order valence-electron chi connectivity index (χ4n) is 2.31. The Morgan fingerprint density at radius 3 is 2.90 bits per heavy atom. The molecule has 0 aromatic carbocycles. The van der Waals surface area contributed by atoms with Crippen LogP contribution in [-0.4, -0.2) is 28.4 Å². The molecule has 1 unspecified atom stereocenters. The smallest absolute Gasteiger partial charge is 0.328 e. The summed E-state index contributed by atoms with van der Waals surface area (Å²) in [5.74, 6) is 0.254. The van der Waals surface area contributed by atoms with Crippen LogP contribution in [0.3, 0.4) is 0 Å². The van der Waals surface area contributed by atoms with Gasteiger partial charge in [0, 0.05) is 28.8 Å². The van der Waals surface area contributed by atoms with Crippen molar-refractivity contribution in [3.05, 3.63) is 28.0 Å². The highest BCUT2D eigenvalue weighted by Gasteiger charge is 2.31. The van der Waals surface area contributed by atoms with Crippen LogP contribution in [-0.2, 0) is 16.1 Å². The summed E-state index contributed by atoms with van der Waals surface area (Å²) in [6.07, 6.45) is 3.36. The predicted molar refractivity (Wildman–Crippen MR) is 79.4 cm³/mol. The molecular weight excluding hydrogens is 274 g/mol. The van der Waals surface area contributed by atoms with Crippen LogP contribution in [0.5, 0.6) is 0 Å². The van der Waals surface area contributed by atoms with E-state index in [1.165, 1.54) is 11.3 Å². The predicted octanol–water partition coefficient (Wildman–Crippen LogP) is 2.85. The minimum atomic E-state index is -0.950. The molecule has 1 N–H and O–H groups in total. The lowest BCUT2D eigenvalue weighted by Gasteiger charge is -2.17. The Bertz CT molecular complexity index is 533. The quantitative estimate of drug-likeness (QED) is 0.849. The summed E-state index contributed by atoms with van der Waals surface area (Å²) in [5, 5.41) is 8.59. The maximum absolute atomic E-state index is 12.0. The Balaban J connectivity index is 1.97. The Morgan fingerprint density at radius 1 is 1.55 bits per heavy atom. The second-order valence-corrected chi connectivity index (χ2v) is 6.66. The van der Waals surface area contributed by atoms with Crippen molar-refractivity contribution < 1.29 is 14.7 Å². The van der Waals surface area contributed by atoms with Crippen molar-refractivity contribution in [3.8, 4) is 0 Å². The fraction of sp³-hybridized carbons (Fsp3) is 0.467. The minimum absolute atomic E-state index is 0.222. The minimum Gasteiger partial charge on any atom is -0.478 e. The summed E-state index contributed by atoms with van der Waals surface area (Å²) in [6.45, 7) is 5.77. The highest BCUT2D eigenvalue weighted by atomic mass is 32.1. The summed E-state index contributed by atoms with van der Waals surface area (Å²) in [5.41, 5.74) is 0. The molecule has 1 saturated heterocycles. The second-order valence-electron chi connectivity index (χ2n) is 5.46. The molecule has 0 saturated carbocycles. The third-order valence-corrected chi connectivity index (χ3v) is 4.64. The van der Waals surface area contributed by atoms with E-state index in [0.717, 1.165) is 22.4 Å². The molecule has 0 bridgehead atoms. The van der Waals surface area contributed by atoms with Crippen LogP contribution in [0.1, 0.15) is 30.0 Å². The Labute approximate surface area is 122 Å². The Hall–Kier alpha value is -1.62. The van der Waals surface area contributed by atoms with Crippen LogP contribution >= 0.6 is 11.3 Å². The van der Waals surface area contributed by atoms with Gasteiger partial charge in [-0.05, 0) is 30.0 Å². The lowest BCUT2D eigenvalue weighted by molar-refractivity contribution is -0.131. The van der Waals surface area contributed by atoms with E-state index in [1.54, 1.807) is 6.08 Å². The zero-order valence-corrected chi connectivity index (χ0v) is 12.5. The van der Waals surface area contributed by atoms with Gasteiger partial charge in [0.2, 0.25) is 5.91 Å². The van der Waals surface area contributed by atoms with Crippen LogP contribution in [0.25, 0.3) is 6.08 Å². The molecule has 0 aliphatic carbocycles. The Kier molecular flexibility index (Phi) is 4.60. The number of aliphatic carboxylic acids is 1. The topological polar surface area (TPSA) is 57.6 Å². The maximum atomic E-state index is 12.0. The van der Waals surface area contributed by atoms with Gasteiger partial charge in [0.25, 0.3) is 0 Å². The van der Waals surface area contributed by atoms with Crippen LogP contribution in [0.4, 0.5) is 0 Å². The third kappa shape index (κ3) is 3.70. The van der Waals surface area contributed by atoms with E-state index in [0.29, 0.717) is 24.8 Å². The number of hydrogen-bond donors (Lipinski definition) is 1. The largest absolute Gasteiger partial charge is 0.478 e. The normalized spacial score (nSPS) is 19.4. The summed E-state index contributed by atoms with van der Waals surface area (Å²) >= 11 is 1.53. The molecule has 1 atom stereocenters. The standard InChI is InChI=1S/C15H19NO3S/c1-10(2)11-7-14(17)16(8-11)9-13-4-3-12(20-13)5-6-15(18)19/h3-6,10-11H,7-9H2,1-2H3,(H,18,19)/b6-5+. The number of rotatable bonds is 5. The van der Waals surface area contributed by atoms with E-state index in [-0.39, 0.29) is 5.91 Å². The summed E-state index contributed by atoms with van der Waals surface area (Å²) in [6, 6.07) is 3.85. The monoisotopic (exact) mass is 293 g/mol. The van der Waals surface area contributed by atoms with Gasteiger partial charge in [-0.2, -0.15) is 0 Å². The van der Waals surface area contributed by atoms with Crippen molar-refractivity contribution >= 4 is 29.3 Å². The highest BCUT2D eigenvalue weighted by Crippen LogP contribution is 2.28. The molecule has 0 radical (unpaired) electrons. The van der Waals surface area contributed by atoms with E-state index < -0.39 is 5.97 Å². The zero-order valence-electron chi connectivity index (χ0n) is 11.7. The molecule has 1 aromatic heterocycles. The van der Waals surface area contributed by atoms with Gasteiger partial charge >= 0.3 is 5.97 Å². The van der Waals surface area contributed by atoms with Gasteiger partial charge in [0.05, 0.1) is 6.54 Å². The van der Waals surface area contributed by atoms with Crippen LogP contribution in [0.15, 0.2) is 18.2 Å². The summed E-state index contributed by atoms with van der Waals surface area (Å²) in [4.78, 5) is 26.3. The highest BCUT2D eigenvalue weighted by molar-refractivity contribution is 7.12. The van der Waals surface area contributed by atoms with E-state index in [1.807, 2.05) is 17.0 Å². The van der Waals surface area contributed by atoms with E-state index >= 15 is 0 Å². The number of carbonyl (C=O) groups is 2.